The molecule has 4 rings (SSSR count). The first-order valence-corrected chi connectivity index (χ1v) is 10.7. The molecule has 2 aliphatic carbocycles. The van der Waals surface area contributed by atoms with E-state index in [-0.39, 0.29) is 17.6 Å². The SMILES string of the molecule is CCC(=O)C1O/C=C(O)/C=C\C2=C(C)C13CC[N+](C)(CC1CC1)C(C2)C3(C)O. The molecule has 0 aromatic heterocycles. The normalized spacial score (nSPS) is 45.8. The molecular formula is C23H34NO4+. The average Bonchev–Trinajstić information content (AvgIpc) is 3.43. The van der Waals surface area contributed by atoms with Gasteiger partial charge in [0, 0.05) is 25.2 Å². The van der Waals surface area contributed by atoms with Gasteiger partial charge in [0.1, 0.15) is 23.7 Å². The van der Waals surface area contributed by atoms with Crippen LogP contribution in [0, 0.1) is 11.3 Å². The van der Waals surface area contributed by atoms with Crippen LogP contribution in [0.4, 0.5) is 0 Å². The molecule has 0 radical (unpaired) electrons. The number of allylic oxidation sites excluding steroid dienone is 2. The van der Waals surface area contributed by atoms with Crippen molar-refractivity contribution in [1.29, 1.82) is 0 Å². The number of ketones is 1. The van der Waals surface area contributed by atoms with Gasteiger partial charge in [-0.3, -0.25) is 4.79 Å². The van der Waals surface area contributed by atoms with E-state index in [4.69, 9.17) is 4.74 Å². The van der Waals surface area contributed by atoms with Gasteiger partial charge in [0.15, 0.2) is 11.9 Å². The lowest BCUT2D eigenvalue weighted by Crippen LogP contribution is -2.77. The smallest absolute Gasteiger partial charge is 0.174 e. The molecule has 2 heterocycles. The molecule has 4 aliphatic rings. The maximum atomic E-state index is 13.0. The second kappa shape index (κ2) is 6.46. The van der Waals surface area contributed by atoms with Crippen molar-refractivity contribution in [2.24, 2.45) is 11.3 Å². The van der Waals surface area contributed by atoms with E-state index in [1.807, 2.05) is 26.8 Å². The molecule has 1 spiro atoms. The Morgan fingerprint density at radius 1 is 1.36 bits per heavy atom. The minimum absolute atomic E-state index is 0.00111. The summed E-state index contributed by atoms with van der Waals surface area (Å²) >= 11 is 0. The van der Waals surface area contributed by atoms with Crippen LogP contribution in [-0.4, -0.2) is 58.4 Å². The minimum Gasteiger partial charge on any atom is -0.505 e. The highest BCUT2D eigenvalue weighted by atomic mass is 16.5. The Bertz CT molecular complexity index is 775. The van der Waals surface area contributed by atoms with Crippen LogP contribution in [0.5, 0.6) is 0 Å². The third-order valence-corrected chi connectivity index (χ3v) is 8.13. The van der Waals surface area contributed by atoms with E-state index in [1.54, 1.807) is 6.08 Å². The second-order valence-electron chi connectivity index (χ2n) is 9.78. The van der Waals surface area contributed by atoms with E-state index >= 15 is 0 Å². The summed E-state index contributed by atoms with van der Waals surface area (Å²) in [5, 5.41) is 22.3. The molecule has 2 N–H and O–H groups in total. The maximum Gasteiger partial charge on any atom is 0.174 e. The quantitative estimate of drug-likeness (QED) is 0.725. The van der Waals surface area contributed by atoms with Crippen LogP contribution in [0.2, 0.25) is 0 Å². The van der Waals surface area contributed by atoms with Crippen LogP contribution in [0.3, 0.4) is 0 Å². The van der Waals surface area contributed by atoms with Gasteiger partial charge >= 0.3 is 0 Å². The van der Waals surface area contributed by atoms with E-state index in [0.29, 0.717) is 12.8 Å². The molecule has 5 nitrogen and oxygen atoms in total. The zero-order valence-electron chi connectivity index (χ0n) is 17.6. The van der Waals surface area contributed by atoms with Crippen LogP contribution in [0.15, 0.2) is 35.3 Å². The highest BCUT2D eigenvalue weighted by Gasteiger charge is 2.69. The molecule has 0 aromatic rings. The molecule has 3 bridgehead atoms. The predicted octanol–water partition coefficient (Wildman–Crippen LogP) is 3.41. The number of hydrogen-bond acceptors (Lipinski definition) is 4. The largest absolute Gasteiger partial charge is 0.505 e. The summed E-state index contributed by atoms with van der Waals surface area (Å²) in [5.74, 6) is 0.733. The van der Waals surface area contributed by atoms with E-state index in [9.17, 15) is 15.0 Å². The van der Waals surface area contributed by atoms with E-state index < -0.39 is 17.1 Å². The number of aliphatic hydroxyl groups excluding tert-OH is 1. The molecule has 1 saturated heterocycles. The number of ether oxygens (including phenoxy) is 1. The number of carbonyl (C=O) groups is 1. The number of fused-ring (bicyclic) bond motifs is 1. The number of piperidine rings is 1. The lowest BCUT2D eigenvalue weighted by molar-refractivity contribution is -0.950. The van der Waals surface area contributed by atoms with Crippen molar-refractivity contribution in [3.8, 4) is 0 Å². The molecule has 5 atom stereocenters. The Morgan fingerprint density at radius 3 is 2.71 bits per heavy atom. The second-order valence-corrected chi connectivity index (χ2v) is 9.78. The van der Waals surface area contributed by atoms with Crippen molar-refractivity contribution < 1.29 is 24.2 Å². The van der Waals surface area contributed by atoms with Crippen molar-refractivity contribution >= 4 is 5.78 Å². The fourth-order valence-corrected chi connectivity index (χ4v) is 6.29. The molecule has 28 heavy (non-hydrogen) atoms. The van der Waals surface area contributed by atoms with E-state index in [2.05, 4.69) is 7.05 Å². The molecular weight excluding hydrogens is 354 g/mol. The summed E-state index contributed by atoms with van der Waals surface area (Å²) in [5.41, 5.74) is 0.318. The van der Waals surface area contributed by atoms with E-state index in [1.165, 1.54) is 19.1 Å². The van der Waals surface area contributed by atoms with Gasteiger partial charge in [-0.2, -0.15) is 0 Å². The van der Waals surface area contributed by atoms with Crippen molar-refractivity contribution in [2.45, 2.75) is 70.6 Å². The maximum absolute atomic E-state index is 13.0. The summed E-state index contributed by atoms with van der Waals surface area (Å²) in [4.78, 5) is 13.0. The average molecular weight is 389 g/mol. The van der Waals surface area contributed by atoms with E-state index in [0.717, 1.165) is 41.1 Å². The zero-order valence-corrected chi connectivity index (χ0v) is 17.6. The Kier molecular flexibility index (Phi) is 4.55. The number of aliphatic hydroxyl groups is 2. The molecule has 5 unspecified atom stereocenters. The van der Waals surface area contributed by atoms with Gasteiger partial charge in [0.2, 0.25) is 0 Å². The monoisotopic (exact) mass is 388 g/mol. The van der Waals surface area contributed by atoms with Gasteiger partial charge in [0.05, 0.1) is 25.6 Å². The van der Waals surface area contributed by atoms with Gasteiger partial charge in [-0.1, -0.05) is 18.6 Å². The Morgan fingerprint density at radius 2 is 2.07 bits per heavy atom. The topological polar surface area (TPSA) is 66.8 Å². The minimum atomic E-state index is -1.07. The van der Waals surface area contributed by atoms with Crippen LogP contribution < -0.4 is 0 Å². The number of carbonyl (C=O) groups excluding carboxylic acids is 1. The first-order valence-electron chi connectivity index (χ1n) is 10.7. The van der Waals surface area contributed by atoms with Crippen LogP contribution in [0.25, 0.3) is 0 Å². The van der Waals surface area contributed by atoms with Crippen molar-refractivity contribution in [3.63, 3.8) is 0 Å². The number of likely N-dealkylation sites (tertiary alicyclic amines) is 1. The number of rotatable bonds is 4. The first-order chi connectivity index (χ1) is 13.2. The van der Waals surface area contributed by atoms with Gasteiger partial charge < -0.3 is 19.4 Å². The van der Waals surface area contributed by atoms with Gasteiger partial charge in [-0.05, 0) is 38.3 Å². The van der Waals surface area contributed by atoms with Crippen LogP contribution >= 0.6 is 0 Å². The van der Waals surface area contributed by atoms with Gasteiger partial charge in [-0.15, -0.1) is 0 Å². The Balaban J connectivity index is 1.90. The summed E-state index contributed by atoms with van der Waals surface area (Å²) in [6, 6.07) is 0.00111. The third kappa shape index (κ3) is 2.70. The fourth-order valence-electron chi connectivity index (χ4n) is 6.29. The summed E-state index contributed by atoms with van der Waals surface area (Å²) in [6.45, 7) is 7.82. The summed E-state index contributed by atoms with van der Waals surface area (Å²) in [6.07, 6.45) is 8.44. The standard InChI is InChI=1S/C23H33NO4/c1-5-19(26)21-23-10-11-24(4,13-16-6-7-16)20(22(23,3)27)12-17(15(23)2)8-9-18(25)14-28-21/h8-9,14,16,20-21,27H,5-7,10-13H2,1-4H3/p+1/b9-8-,18-14-. The first kappa shape index (κ1) is 19.7. The number of nitrogens with zero attached hydrogens (tertiary/aromatic N) is 1. The lowest BCUT2D eigenvalue weighted by Gasteiger charge is -2.64. The highest BCUT2D eigenvalue weighted by molar-refractivity contribution is 5.85. The number of likely N-dealkylation sites (N-methyl/N-ethyl adjacent to an activating group) is 1. The number of hydrogen-bond donors (Lipinski definition) is 2. The molecule has 5 heteroatoms. The molecule has 1 saturated carbocycles. The Labute approximate surface area is 168 Å². The summed E-state index contributed by atoms with van der Waals surface area (Å²) < 4.78 is 6.79. The number of Topliss-reactive ketones (excluding diaryl/α,β-unsaturated/α-hetero) is 1. The van der Waals surface area contributed by atoms with Crippen LogP contribution in [-0.2, 0) is 9.53 Å². The molecule has 2 aliphatic heterocycles. The molecule has 0 amide bonds. The van der Waals surface area contributed by atoms with Crippen molar-refractivity contribution in [1.82, 2.24) is 0 Å². The summed E-state index contributed by atoms with van der Waals surface area (Å²) in [7, 11) is 2.27. The molecule has 154 valence electrons. The zero-order chi connectivity index (χ0) is 20.3. The Hall–Kier alpha value is -1.59. The highest BCUT2D eigenvalue weighted by Crippen LogP contribution is 2.59. The van der Waals surface area contributed by atoms with Gasteiger partial charge in [-0.25, -0.2) is 0 Å². The predicted molar refractivity (Wildman–Crippen MR) is 107 cm³/mol. The van der Waals surface area contributed by atoms with Crippen molar-refractivity contribution in [2.75, 3.05) is 20.1 Å². The van der Waals surface area contributed by atoms with Crippen LogP contribution in [0.1, 0.15) is 52.9 Å². The van der Waals surface area contributed by atoms with Gasteiger partial charge in [0.25, 0.3) is 0 Å². The molecule has 0 aromatic carbocycles. The third-order valence-electron chi connectivity index (χ3n) is 8.13. The number of quaternary nitrogens is 1. The fraction of sp³-hybridized carbons (Fsp3) is 0.696. The van der Waals surface area contributed by atoms with Crippen molar-refractivity contribution in [3.05, 3.63) is 35.3 Å². The lowest BCUT2D eigenvalue weighted by atomic mass is 9.51. The molecule has 2 fully saturated rings.